The number of halogens is 1. The average Bonchev–Trinajstić information content (AvgIpc) is 2.44. The van der Waals surface area contributed by atoms with Crippen LogP contribution >= 0.6 is 15.9 Å². The van der Waals surface area contributed by atoms with Crippen molar-refractivity contribution in [3.8, 4) is 0 Å². The molecule has 4 nitrogen and oxygen atoms in total. The molecule has 1 saturated heterocycles. The molecule has 0 aromatic heterocycles. The Morgan fingerprint density at radius 2 is 2.12 bits per heavy atom. The molecule has 0 spiro atoms. The van der Waals surface area contributed by atoms with E-state index in [0.29, 0.717) is 0 Å². The van der Waals surface area contributed by atoms with E-state index in [1.54, 1.807) is 0 Å². The van der Waals surface area contributed by atoms with Gasteiger partial charge in [-0.1, -0.05) is 15.9 Å². The fourth-order valence-corrected chi connectivity index (χ4v) is 4.17. The van der Waals surface area contributed by atoms with Gasteiger partial charge in [0.1, 0.15) is 0 Å². The number of hydrogen-bond donors (Lipinski definition) is 2. The van der Waals surface area contributed by atoms with E-state index in [1.165, 1.54) is 0 Å². The minimum Gasteiger partial charge on any atom is -0.390 e. The van der Waals surface area contributed by atoms with Gasteiger partial charge in [-0.2, -0.15) is 0 Å². The number of aliphatic hydroxyl groups is 1. The third-order valence-corrected chi connectivity index (χ3v) is 5.06. The topological polar surface area (TPSA) is 66.4 Å². The quantitative estimate of drug-likeness (QED) is 0.863. The summed E-state index contributed by atoms with van der Waals surface area (Å²) in [5, 5.41) is 12.8. The van der Waals surface area contributed by atoms with Crippen LogP contribution in [0.5, 0.6) is 0 Å². The molecule has 94 valence electrons. The maximum Gasteiger partial charge on any atom is 0.155 e. The highest BCUT2D eigenvalue weighted by Crippen LogP contribution is 2.23. The van der Waals surface area contributed by atoms with Crippen LogP contribution in [-0.4, -0.2) is 37.2 Å². The van der Waals surface area contributed by atoms with Crippen LogP contribution in [0.2, 0.25) is 0 Å². The summed E-state index contributed by atoms with van der Waals surface area (Å²) in [6, 6.07) is 5.28. The molecule has 0 amide bonds. The summed E-state index contributed by atoms with van der Waals surface area (Å²) in [7, 11) is -3.11. The van der Waals surface area contributed by atoms with Crippen LogP contribution in [0, 0.1) is 6.92 Å². The first-order valence-electron chi connectivity index (χ1n) is 5.28. The normalized spacial score (nSPS) is 27.0. The van der Waals surface area contributed by atoms with E-state index in [9.17, 15) is 13.5 Å². The van der Waals surface area contributed by atoms with Crippen molar-refractivity contribution in [1.82, 2.24) is 0 Å². The second-order valence-electron chi connectivity index (χ2n) is 4.35. The number of sulfone groups is 1. The van der Waals surface area contributed by atoms with E-state index < -0.39 is 22.0 Å². The largest absolute Gasteiger partial charge is 0.390 e. The molecule has 6 heteroatoms. The third kappa shape index (κ3) is 3.00. The Hall–Kier alpha value is -0.590. The highest BCUT2D eigenvalue weighted by atomic mass is 79.9. The van der Waals surface area contributed by atoms with Crippen molar-refractivity contribution in [3.63, 3.8) is 0 Å². The van der Waals surface area contributed by atoms with Crippen LogP contribution in [0.15, 0.2) is 22.7 Å². The van der Waals surface area contributed by atoms with Crippen LogP contribution in [0.1, 0.15) is 5.56 Å². The molecule has 1 heterocycles. The Morgan fingerprint density at radius 3 is 2.65 bits per heavy atom. The second kappa shape index (κ2) is 4.59. The second-order valence-corrected chi connectivity index (χ2v) is 7.42. The Balaban J connectivity index is 2.17. The number of aryl methyl sites for hydroxylation is 1. The molecule has 0 aliphatic carbocycles. The molecule has 1 aromatic carbocycles. The van der Waals surface area contributed by atoms with Crippen molar-refractivity contribution < 1.29 is 13.5 Å². The first-order valence-corrected chi connectivity index (χ1v) is 7.90. The smallest absolute Gasteiger partial charge is 0.155 e. The average molecular weight is 320 g/mol. The van der Waals surface area contributed by atoms with Gasteiger partial charge in [-0.15, -0.1) is 0 Å². The van der Waals surface area contributed by atoms with E-state index in [0.717, 1.165) is 15.7 Å². The number of anilines is 1. The van der Waals surface area contributed by atoms with Crippen molar-refractivity contribution in [3.05, 3.63) is 28.2 Å². The first-order chi connectivity index (χ1) is 7.87. The zero-order chi connectivity index (χ0) is 12.6. The Bertz CT molecular complexity index is 530. The van der Waals surface area contributed by atoms with Gasteiger partial charge in [0.05, 0.1) is 23.7 Å². The van der Waals surface area contributed by atoms with Crippen LogP contribution in [0.4, 0.5) is 5.69 Å². The molecule has 17 heavy (non-hydrogen) atoms. The van der Waals surface area contributed by atoms with Gasteiger partial charge in [0, 0.05) is 10.2 Å². The third-order valence-electron chi connectivity index (χ3n) is 2.85. The molecule has 1 aliphatic heterocycles. The van der Waals surface area contributed by atoms with Crippen LogP contribution in [-0.2, 0) is 9.84 Å². The number of nitrogens with one attached hydrogen (secondary N) is 1. The van der Waals surface area contributed by atoms with E-state index >= 15 is 0 Å². The Morgan fingerprint density at radius 1 is 1.41 bits per heavy atom. The summed E-state index contributed by atoms with van der Waals surface area (Å²) >= 11 is 3.37. The van der Waals surface area contributed by atoms with E-state index in [-0.39, 0.29) is 11.5 Å². The molecular weight excluding hydrogens is 306 g/mol. The number of hydrogen-bond acceptors (Lipinski definition) is 4. The van der Waals surface area contributed by atoms with Gasteiger partial charge in [0.2, 0.25) is 0 Å². The molecule has 2 rings (SSSR count). The van der Waals surface area contributed by atoms with Crippen molar-refractivity contribution in [1.29, 1.82) is 0 Å². The summed E-state index contributed by atoms with van der Waals surface area (Å²) in [5.74, 6) is -0.163. The van der Waals surface area contributed by atoms with Gasteiger partial charge >= 0.3 is 0 Å². The first kappa shape index (κ1) is 12.9. The summed E-state index contributed by atoms with van der Waals surface area (Å²) in [5.41, 5.74) is 1.87. The van der Waals surface area contributed by atoms with Crippen LogP contribution < -0.4 is 5.32 Å². The number of benzene rings is 1. The molecule has 1 aliphatic rings. The molecule has 0 radical (unpaired) electrons. The molecule has 2 N–H and O–H groups in total. The van der Waals surface area contributed by atoms with Crippen molar-refractivity contribution >= 4 is 31.5 Å². The zero-order valence-corrected chi connectivity index (χ0v) is 11.8. The molecule has 2 unspecified atom stereocenters. The lowest BCUT2D eigenvalue weighted by Crippen LogP contribution is -2.32. The maximum absolute atomic E-state index is 11.4. The minimum absolute atomic E-state index is 0.0102. The van der Waals surface area contributed by atoms with Gasteiger partial charge in [0.25, 0.3) is 0 Å². The Kier molecular flexibility index (Phi) is 3.47. The van der Waals surface area contributed by atoms with E-state index in [4.69, 9.17) is 0 Å². The van der Waals surface area contributed by atoms with Gasteiger partial charge in [0.15, 0.2) is 9.84 Å². The highest BCUT2D eigenvalue weighted by molar-refractivity contribution is 9.10. The van der Waals surface area contributed by atoms with Crippen LogP contribution in [0.3, 0.4) is 0 Å². The predicted octanol–water partition coefficient (Wildman–Crippen LogP) is 1.33. The summed E-state index contributed by atoms with van der Waals surface area (Å²) in [6.45, 7) is 1.93. The predicted molar refractivity (Wildman–Crippen MR) is 71.0 cm³/mol. The maximum atomic E-state index is 11.4. The summed E-state index contributed by atoms with van der Waals surface area (Å²) in [4.78, 5) is 0. The lowest BCUT2D eigenvalue weighted by Gasteiger charge is -2.18. The van der Waals surface area contributed by atoms with Gasteiger partial charge < -0.3 is 10.4 Å². The van der Waals surface area contributed by atoms with Crippen molar-refractivity contribution in [2.75, 3.05) is 16.8 Å². The molecule has 2 atom stereocenters. The molecule has 1 fully saturated rings. The minimum atomic E-state index is -3.11. The monoisotopic (exact) mass is 319 g/mol. The fourth-order valence-electron chi connectivity index (χ4n) is 1.96. The number of rotatable bonds is 2. The fraction of sp³-hybridized carbons (Fsp3) is 0.455. The lowest BCUT2D eigenvalue weighted by molar-refractivity contribution is 0.190. The molecular formula is C11H14BrNO3S. The molecule has 0 bridgehead atoms. The SMILES string of the molecule is Cc1cc(Br)ccc1NC1CS(=O)(=O)CC1O. The van der Waals surface area contributed by atoms with Gasteiger partial charge in [-0.25, -0.2) is 8.42 Å². The summed E-state index contributed by atoms with van der Waals surface area (Å²) < 4.78 is 23.7. The van der Waals surface area contributed by atoms with Crippen molar-refractivity contribution in [2.45, 2.75) is 19.1 Å². The lowest BCUT2D eigenvalue weighted by atomic mass is 10.1. The standard InChI is InChI=1S/C11H14BrNO3S/c1-7-4-8(12)2-3-9(7)13-10-5-17(15,16)6-11(10)14/h2-4,10-11,13-14H,5-6H2,1H3. The van der Waals surface area contributed by atoms with E-state index in [1.807, 2.05) is 25.1 Å². The molecule has 1 aromatic rings. The molecule has 0 saturated carbocycles. The zero-order valence-electron chi connectivity index (χ0n) is 9.35. The highest BCUT2D eigenvalue weighted by Gasteiger charge is 2.36. The van der Waals surface area contributed by atoms with Crippen molar-refractivity contribution in [2.24, 2.45) is 0 Å². The summed E-state index contributed by atoms with van der Waals surface area (Å²) in [6.07, 6.45) is -0.831. The van der Waals surface area contributed by atoms with E-state index in [2.05, 4.69) is 21.2 Å². The van der Waals surface area contributed by atoms with Gasteiger partial charge in [-0.3, -0.25) is 0 Å². The van der Waals surface area contributed by atoms with Crippen LogP contribution in [0.25, 0.3) is 0 Å². The van der Waals surface area contributed by atoms with Gasteiger partial charge in [-0.05, 0) is 30.7 Å². The number of aliphatic hydroxyl groups excluding tert-OH is 1. The Labute approximate surface area is 109 Å².